The lowest BCUT2D eigenvalue weighted by Gasteiger charge is -2.08. The van der Waals surface area contributed by atoms with E-state index in [0.29, 0.717) is 38.9 Å². The Morgan fingerprint density at radius 3 is 2.62 bits per heavy atom. The molecule has 0 unspecified atom stereocenters. The third-order valence-corrected chi connectivity index (χ3v) is 5.55. The van der Waals surface area contributed by atoms with Gasteiger partial charge in [0.1, 0.15) is 5.69 Å². The van der Waals surface area contributed by atoms with Crippen LogP contribution in [-0.4, -0.2) is 19.7 Å². The third kappa shape index (κ3) is 3.79. The first-order valence-corrected chi connectivity index (χ1v) is 10.6. The van der Waals surface area contributed by atoms with Gasteiger partial charge in [0.15, 0.2) is 5.82 Å². The molecule has 0 bridgehead atoms. The summed E-state index contributed by atoms with van der Waals surface area (Å²) in [5, 5.41) is 5.89. The summed E-state index contributed by atoms with van der Waals surface area (Å²) < 4.78 is 7.15. The van der Waals surface area contributed by atoms with E-state index in [-0.39, 0.29) is 5.89 Å². The number of halogens is 2. The molecule has 5 rings (SSSR count). The molecule has 6 nitrogen and oxygen atoms in total. The van der Waals surface area contributed by atoms with Gasteiger partial charge in [-0.2, -0.15) is 5.10 Å². The Morgan fingerprint density at radius 1 is 1.03 bits per heavy atom. The first-order chi connectivity index (χ1) is 15.5. The second-order valence-corrected chi connectivity index (χ2v) is 8.17. The number of nitrogens with zero attached hydrogens (tertiary/aromatic N) is 4. The summed E-state index contributed by atoms with van der Waals surface area (Å²) in [7, 11) is 0. The zero-order valence-electron chi connectivity index (χ0n) is 16.9. The van der Waals surface area contributed by atoms with Crippen molar-refractivity contribution in [2.24, 2.45) is 0 Å². The maximum atomic E-state index is 12.8. The predicted molar refractivity (Wildman–Crippen MR) is 125 cm³/mol. The second kappa shape index (κ2) is 8.22. The van der Waals surface area contributed by atoms with Crippen LogP contribution in [0.2, 0.25) is 10.0 Å². The van der Waals surface area contributed by atoms with Crippen LogP contribution in [0.4, 0.5) is 0 Å². The van der Waals surface area contributed by atoms with Gasteiger partial charge in [0.25, 0.3) is 0 Å². The smallest absolute Gasteiger partial charge is 0.347 e. The number of hydrogen-bond donors (Lipinski definition) is 0. The minimum absolute atomic E-state index is 0.126. The van der Waals surface area contributed by atoms with Gasteiger partial charge in [0.2, 0.25) is 5.89 Å². The van der Waals surface area contributed by atoms with E-state index in [1.54, 1.807) is 35.1 Å². The zero-order chi connectivity index (χ0) is 22.2. The van der Waals surface area contributed by atoms with Crippen molar-refractivity contribution >= 4 is 34.1 Å². The monoisotopic (exact) mass is 462 g/mol. The highest BCUT2D eigenvalue weighted by Gasteiger charge is 2.20. The van der Waals surface area contributed by atoms with E-state index < -0.39 is 5.63 Å². The van der Waals surface area contributed by atoms with E-state index in [1.165, 1.54) is 0 Å². The molecule has 0 amide bonds. The normalized spacial score (nSPS) is 11.2. The molecule has 3 aromatic heterocycles. The minimum Gasteiger partial charge on any atom is -0.401 e. The van der Waals surface area contributed by atoms with E-state index in [1.807, 2.05) is 43.3 Å². The van der Waals surface area contributed by atoms with Crippen LogP contribution in [0.1, 0.15) is 16.8 Å². The summed E-state index contributed by atoms with van der Waals surface area (Å²) >= 11 is 12.5. The Kier molecular flexibility index (Phi) is 5.25. The van der Waals surface area contributed by atoms with E-state index in [4.69, 9.17) is 32.7 Å². The van der Waals surface area contributed by atoms with E-state index >= 15 is 0 Å². The van der Waals surface area contributed by atoms with Crippen LogP contribution in [0.5, 0.6) is 0 Å². The molecule has 0 spiro atoms. The maximum absolute atomic E-state index is 12.8. The number of hydrogen-bond acceptors (Lipinski definition) is 5. The summed E-state index contributed by atoms with van der Waals surface area (Å²) in [5.74, 6) is 0.544. The van der Waals surface area contributed by atoms with Gasteiger partial charge in [-0.1, -0.05) is 53.5 Å². The van der Waals surface area contributed by atoms with E-state index in [9.17, 15) is 4.79 Å². The number of pyridine rings is 1. The minimum atomic E-state index is -0.528. The Hall–Kier alpha value is -3.48. The molecule has 5 aromatic rings. The van der Waals surface area contributed by atoms with Crippen molar-refractivity contribution in [2.45, 2.75) is 13.3 Å². The fraction of sp³-hybridized carbons (Fsp3) is 0.0833. The van der Waals surface area contributed by atoms with Crippen molar-refractivity contribution in [3.63, 3.8) is 0 Å². The van der Waals surface area contributed by atoms with Crippen LogP contribution >= 0.6 is 23.2 Å². The lowest BCUT2D eigenvalue weighted by Crippen LogP contribution is -2.08. The largest absolute Gasteiger partial charge is 0.401 e. The van der Waals surface area contributed by atoms with E-state index in [2.05, 4.69) is 9.97 Å². The predicted octanol–water partition coefficient (Wildman–Crippen LogP) is 5.64. The topological polar surface area (TPSA) is 73.8 Å². The number of rotatable bonds is 4. The molecule has 0 saturated carbocycles. The molecule has 8 heteroatoms. The average Bonchev–Trinajstić information content (AvgIpc) is 3.19. The van der Waals surface area contributed by atoms with Gasteiger partial charge in [0.05, 0.1) is 21.6 Å². The van der Waals surface area contributed by atoms with Gasteiger partial charge in [-0.05, 0) is 48.4 Å². The summed E-state index contributed by atoms with van der Waals surface area (Å²) in [4.78, 5) is 21.8. The van der Waals surface area contributed by atoms with Crippen molar-refractivity contribution < 1.29 is 4.42 Å². The van der Waals surface area contributed by atoms with E-state index in [0.717, 1.165) is 16.8 Å². The van der Waals surface area contributed by atoms with Crippen molar-refractivity contribution in [3.8, 4) is 17.4 Å². The van der Waals surface area contributed by atoms with Gasteiger partial charge < -0.3 is 4.42 Å². The molecule has 32 heavy (non-hydrogen) atoms. The highest BCUT2D eigenvalue weighted by molar-refractivity contribution is 6.32. The fourth-order valence-corrected chi connectivity index (χ4v) is 4.06. The number of fused-ring (bicyclic) bond motifs is 1. The van der Waals surface area contributed by atoms with Crippen LogP contribution in [0.25, 0.3) is 28.3 Å². The summed E-state index contributed by atoms with van der Waals surface area (Å²) in [6.45, 7) is 1.85. The summed E-state index contributed by atoms with van der Waals surface area (Å²) in [6.07, 6.45) is 2.21. The molecule has 0 atom stereocenters. The molecule has 0 saturated heterocycles. The Labute approximate surface area is 193 Å². The summed E-state index contributed by atoms with van der Waals surface area (Å²) in [6, 6.07) is 18.6. The molecule has 158 valence electrons. The second-order valence-electron chi connectivity index (χ2n) is 7.33. The molecule has 0 aliphatic carbocycles. The Morgan fingerprint density at radius 2 is 1.84 bits per heavy atom. The summed E-state index contributed by atoms with van der Waals surface area (Å²) in [5.41, 5.74) is 3.09. The molecule has 3 heterocycles. The number of aryl methyl sites for hydroxylation is 1. The van der Waals surface area contributed by atoms with Gasteiger partial charge >= 0.3 is 5.63 Å². The quantitative estimate of drug-likeness (QED) is 0.345. The molecular formula is C24H16Cl2N4O2. The van der Waals surface area contributed by atoms with Crippen LogP contribution in [-0.2, 0) is 6.42 Å². The standard InChI is InChI=1S/C24H16Cl2N4O2/c1-14-10-16(25)12-18-21(14)28-23(32-24(18)31)20-13-17(11-15-6-3-2-4-7-15)29-30(20)22-19(26)8-5-9-27-22/h2-10,12-13H,11H2,1H3. The Balaban J connectivity index is 1.72. The van der Waals surface area contributed by atoms with Gasteiger partial charge in [-0.3, -0.25) is 0 Å². The van der Waals surface area contributed by atoms with Crippen molar-refractivity contribution in [1.29, 1.82) is 0 Å². The third-order valence-electron chi connectivity index (χ3n) is 5.03. The van der Waals surface area contributed by atoms with Crippen LogP contribution in [0.15, 0.2) is 76.1 Å². The highest BCUT2D eigenvalue weighted by Crippen LogP contribution is 2.28. The molecule has 0 radical (unpaired) electrons. The van der Waals surface area contributed by atoms with Gasteiger partial charge in [0, 0.05) is 17.6 Å². The van der Waals surface area contributed by atoms with Crippen LogP contribution < -0.4 is 5.63 Å². The molecule has 0 aliphatic rings. The fourth-order valence-electron chi connectivity index (χ4n) is 3.58. The number of aromatic nitrogens is 4. The van der Waals surface area contributed by atoms with Crippen LogP contribution in [0.3, 0.4) is 0 Å². The SMILES string of the molecule is Cc1cc(Cl)cc2c(=O)oc(-c3cc(Cc4ccccc4)nn3-c3ncccc3Cl)nc12. The average molecular weight is 463 g/mol. The lowest BCUT2D eigenvalue weighted by molar-refractivity contribution is 0.513. The first-order valence-electron chi connectivity index (χ1n) is 9.85. The maximum Gasteiger partial charge on any atom is 0.347 e. The number of benzene rings is 2. The van der Waals surface area contributed by atoms with Crippen molar-refractivity contribution in [1.82, 2.24) is 19.7 Å². The molecular weight excluding hydrogens is 447 g/mol. The van der Waals surface area contributed by atoms with Crippen molar-refractivity contribution in [3.05, 3.63) is 104 Å². The lowest BCUT2D eigenvalue weighted by atomic mass is 10.1. The van der Waals surface area contributed by atoms with Gasteiger partial charge in [-0.25, -0.2) is 19.4 Å². The Bertz CT molecular complexity index is 1510. The molecule has 0 N–H and O–H groups in total. The zero-order valence-corrected chi connectivity index (χ0v) is 18.4. The van der Waals surface area contributed by atoms with Crippen molar-refractivity contribution in [2.75, 3.05) is 0 Å². The van der Waals surface area contributed by atoms with Crippen LogP contribution in [0, 0.1) is 6.92 Å². The van der Waals surface area contributed by atoms with Gasteiger partial charge in [-0.15, -0.1) is 0 Å². The first kappa shape index (κ1) is 20.4. The molecule has 0 fully saturated rings. The highest BCUT2D eigenvalue weighted by atomic mass is 35.5. The molecule has 2 aromatic carbocycles. The molecule has 0 aliphatic heterocycles.